The predicted molar refractivity (Wildman–Crippen MR) is 73.4 cm³/mol. The van der Waals surface area contributed by atoms with E-state index < -0.39 is 12.0 Å². The van der Waals surface area contributed by atoms with Crippen LogP contribution in [0.25, 0.3) is 0 Å². The molecule has 0 aliphatic rings. The van der Waals surface area contributed by atoms with E-state index >= 15 is 0 Å². The number of carboxylic acids is 1. The van der Waals surface area contributed by atoms with Gasteiger partial charge in [-0.1, -0.05) is 11.6 Å². The van der Waals surface area contributed by atoms with Crippen LogP contribution in [-0.4, -0.2) is 17.1 Å². The van der Waals surface area contributed by atoms with Crippen LogP contribution in [0, 0.1) is 0 Å². The van der Waals surface area contributed by atoms with Crippen molar-refractivity contribution >= 4 is 23.3 Å². The lowest BCUT2D eigenvalue weighted by molar-refractivity contribution is -0.138. The maximum atomic E-state index is 11.2. The minimum atomic E-state index is -0.887. The largest absolute Gasteiger partial charge is 0.480 e. The quantitative estimate of drug-likeness (QED) is 0.911. The molecule has 0 aliphatic heterocycles. The summed E-state index contributed by atoms with van der Waals surface area (Å²) in [6.45, 7) is 2.03. The number of nitrogens with zero attached hydrogens (tertiary/aromatic N) is 1. The van der Waals surface area contributed by atoms with Crippen molar-refractivity contribution in [3.05, 3.63) is 53.4 Å². The molecule has 1 heterocycles. The van der Waals surface area contributed by atoms with E-state index in [1.165, 1.54) is 0 Å². The van der Waals surface area contributed by atoms with E-state index in [9.17, 15) is 9.90 Å². The third-order valence-electron chi connectivity index (χ3n) is 2.89. The van der Waals surface area contributed by atoms with Crippen molar-refractivity contribution in [3.8, 4) is 0 Å². The van der Waals surface area contributed by atoms with Gasteiger partial charge >= 0.3 is 5.97 Å². The van der Waals surface area contributed by atoms with E-state index in [4.69, 9.17) is 16.0 Å². The molecular formula is C14H14ClNO3. The molecule has 0 fully saturated rings. The van der Waals surface area contributed by atoms with E-state index in [0.29, 0.717) is 17.3 Å². The lowest BCUT2D eigenvalue weighted by Crippen LogP contribution is -2.38. The van der Waals surface area contributed by atoms with E-state index in [0.717, 1.165) is 5.69 Å². The first-order valence-electron chi connectivity index (χ1n) is 5.85. The molecule has 1 atom stereocenters. The molecule has 1 aromatic heterocycles. The summed E-state index contributed by atoms with van der Waals surface area (Å²) >= 11 is 5.85. The highest BCUT2D eigenvalue weighted by Gasteiger charge is 2.22. The minimum Gasteiger partial charge on any atom is -0.480 e. The first-order valence-corrected chi connectivity index (χ1v) is 6.23. The fraction of sp³-hybridized carbons (Fsp3) is 0.214. The molecular weight excluding hydrogens is 266 g/mol. The normalized spacial score (nSPS) is 12.1. The molecule has 1 N–H and O–H groups in total. The number of halogens is 1. The summed E-state index contributed by atoms with van der Waals surface area (Å²) in [5.41, 5.74) is 0.788. The smallest absolute Gasteiger partial charge is 0.326 e. The van der Waals surface area contributed by atoms with Gasteiger partial charge in [0.05, 0.1) is 12.8 Å². The molecule has 4 nitrogen and oxygen atoms in total. The summed E-state index contributed by atoms with van der Waals surface area (Å²) in [5, 5.41) is 9.81. The Morgan fingerprint density at radius 3 is 2.58 bits per heavy atom. The van der Waals surface area contributed by atoms with Gasteiger partial charge in [0.15, 0.2) is 0 Å². The Kier molecular flexibility index (Phi) is 4.12. The summed E-state index contributed by atoms with van der Waals surface area (Å²) < 4.78 is 5.28. The Morgan fingerprint density at radius 2 is 2.05 bits per heavy atom. The second-order valence-electron chi connectivity index (χ2n) is 4.20. The number of hydrogen-bond donors (Lipinski definition) is 1. The monoisotopic (exact) mass is 279 g/mol. The van der Waals surface area contributed by atoms with Gasteiger partial charge in [0, 0.05) is 10.7 Å². The highest BCUT2D eigenvalue weighted by atomic mass is 35.5. The highest BCUT2D eigenvalue weighted by molar-refractivity contribution is 6.30. The Morgan fingerprint density at radius 1 is 1.37 bits per heavy atom. The second-order valence-corrected chi connectivity index (χ2v) is 4.63. The zero-order valence-electron chi connectivity index (χ0n) is 10.4. The third-order valence-corrected chi connectivity index (χ3v) is 3.14. The molecule has 0 radical (unpaired) electrons. The summed E-state index contributed by atoms with van der Waals surface area (Å²) in [6.07, 6.45) is 1.57. The van der Waals surface area contributed by atoms with Gasteiger partial charge in [-0.25, -0.2) is 4.79 Å². The topological polar surface area (TPSA) is 53.7 Å². The van der Waals surface area contributed by atoms with Gasteiger partial charge in [0.25, 0.3) is 0 Å². The van der Waals surface area contributed by atoms with Crippen LogP contribution in [0.3, 0.4) is 0 Å². The third kappa shape index (κ3) is 3.29. The molecule has 0 saturated carbocycles. The van der Waals surface area contributed by atoms with Crippen molar-refractivity contribution < 1.29 is 14.3 Å². The molecule has 2 aromatic rings. The molecule has 5 heteroatoms. The summed E-state index contributed by atoms with van der Waals surface area (Å²) in [6, 6.07) is 10.0. The van der Waals surface area contributed by atoms with Crippen LogP contribution in [0.4, 0.5) is 5.69 Å². The molecule has 0 unspecified atom stereocenters. The number of furan rings is 1. The number of anilines is 1. The van der Waals surface area contributed by atoms with Crippen molar-refractivity contribution in [2.24, 2.45) is 0 Å². The molecule has 1 aromatic carbocycles. The van der Waals surface area contributed by atoms with Crippen LogP contribution < -0.4 is 4.90 Å². The van der Waals surface area contributed by atoms with Crippen molar-refractivity contribution in [1.29, 1.82) is 0 Å². The first-order chi connectivity index (χ1) is 9.08. The molecule has 0 amide bonds. The van der Waals surface area contributed by atoms with E-state index in [1.807, 2.05) is 6.07 Å². The van der Waals surface area contributed by atoms with Crippen molar-refractivity contribution in [1.82, 2.24) is 0 Å². The Labute approximate surface area is 116 Å². The SMILES string of the molecule is C[C@@H](C(=O)O)N(Cc1ccco1)c1ccc(Cl)cc1. The van der Waals surface area contributed by atoms with Gasteiger partial charge in [0.1, 0.15) is 11.8 Å². The summed E-state index contributed by atoms with van der Waals surface area (Å²) in [5.74, 6) is -0.176. The van der Waals surface area contributed by atoms with Gasteiger partial charge < -0.3 is 14.4 Å². The number of rotatable bonds is 5. The van der Waals surface area contributed by atoms with Crippen LogP contribution in [0.2, 0.25) is 5.02 Å². The molecule has 100 valence electrons. The Bertz CT molecular complexity index is 536. The van der Waals surface area contributed by atoms with Gasteiger partial charge in [-0.3, -0.25) is 0 Å². The summed E-state index contributed by atoms with van der Waals surface area (Å²) in [4.78, 5) is 13.0. The molecule has 2 rings (SSSR count). The van der Waals surface area contributed by atoms with E-state index in [2.05, 4.69) is 0 Å². The lowest BCUT2D eigenvalue weighted by atomic mass is 10.2. The number of carboxylic acid groups (broad SMARTS) is 1. The summed E-state index contributed by atoms with van der Waals surface area (Å²) in [7, 11) is 0. The maximum Gasteiger partial charge on any atom is 0.326 e. The average Bonchev–Trinajstić information content (AvgIpc) is 2.89. The second kappa shape index (κ2) is 5.80. The van der Waals surface area contributed by atoms with Gasteiger partial charge in [-0.05, 0) is 43.3 Å². The first kappa shape index (κ1) is 13.5. The number of aliphatic carboxylic acids is 1. The number of carbonyl (C=O) groups is 1. The number of benzene rings is 1. The van der Waals surface area contributed by atoms with Crippen LogP contribution in [-0.2, 0) is 11.3 Å². The zero-order valence-corrected chi connectivity index (χ0v) is 11.2. The Balaban J connectivity index is 2.28. The van der Waals surface area contributed by atoms with E-state index in [-0.39, 0.29) is 0 Å². The van der Waals surface area contributed by atoms with Crippen LogP contribution in [0.15, 0.2) is 47.1 Å². The zero-order chi connectivity index (χ0) is 13.8. The minimum absolute atomic E-state index is 0.391. The Hall–Kier alpha value is -1.94. The average molecular weight is 280 g/mol. The molecule has 0 bridgehead atoms. The molecule has 0 aliphatic carbocycles. The maximum absolute atomic E-state index is 11.2. The highest BCUT2D eigenvalue weighted by Crippen LogP contribution is 2.22. The van der Waals surface area contributed by atoms with Crippen LogP contribution in [0.5, 0.6) is 0 Å². The molecule has 19 heavy (non-hydrogen) atoms. The predicted octanol–water partition coefficient (Wildman–Crippen LogP) is 3.41. The standard InChI is InChI=1S/C14H14ClNO3/c1-10(14(17)18)16(9-13-3-2-8-19-13)12-6-4-11(15)5-7-12/h2-8,10H,9H2,1H3,(H,17,18)/t10-/m0/s1. The van der Waals surface area contributed by atoms with Crippen molar-refractivity contribution in [2.45, 2.75) is 19.5 Å². The van der Waals surface area contributed by atoms with E-state index in [1.54, 1.807) is 48.4 Å². The number of hydrogen-bond acceptors (Lipinski definition) is 3. The van der Waals surface area contributed by atoms with Gasteiger partial charge in [-0.2, -0.15) is 0 Å². The van der Waals surface area contributed by atoms with Crippen molar-refractivity contribution in [2.75, 3.05) is 4.90 Å². The molecule has 0 spiro atoms. The van der Waals surface area contributed by atoms with Gasteiger partial charge in [0.2, 0.25) is 0 Å². The fourth-order valence-electron chi connectivity index (χ4n) is 1.79. The van der Waals surface area contributed by atoms with Crippen LogP contribution in [0.1, 0.15) is 12.7 Å². The fourth-order valence-corrected chi connectivity index (χ4v) is 1.91. The lowest BCUT2D eigenvalue weighted by Gasteiger charge is -2.27. The van der Waals surface area contributed by atoms with Crippen molar-refractivity contribution in [3.63, 3.8) is 0 Å². The van der Waals surface area contributed by atoms with Crippen LogP contribution >= 0.6 is 11.6 Å². The molecule has 0 saturated heterocycles. The van der Waals surface area contributed by atoms with Gasteiger partial charge in [-0.15, -0.1) is 0 Å².